The molecule has 0 spiro atoms. The van der Waals surface area contributed by atoms with Crippen molar-refractivity contribution in [3.8, 4) is 0 Å². The number of Topliss-reactive ketones (excluding diaryl/α,β-unsaturated/α-hetero) is 1. The second-order valence-electron chi connectivity index (χ2n) is 5.85. The Balaban J connectivity index is 2.30. The van der Waals surface area contributed by atoms with Gasteiger partial charge in [0.15, 0.2) is 0 Å². The van der Waals surface area contributed by atoms with E-state index in [9.17, 15) is 25.2 Å². The monoisotopic (exact) mass is 309 g/mol. The van der Waals surface area contributed by atoms with Crippen LogP contribution in [0.1, 0.15) is 18.9 Å². The average Bonchev–Trinajstić information content (AvgIpc) is 2.50. The summed E-state index contributed by atoms with van der Waals surface area (Å²) in [4.78, 5) is 13.2. The fourth-order valence-corrected chi connectivity index (χ4v) is 3.07. The highest BCUT2D eigenvalue weighted by Crippen LogP contribution is 2.28. The van der Waals surface area contributed by atoms with E-state index in [0.29, 0.717) is 6.54 Å². The summed E-state index contributed by atoms with van der Waals surface area (Å²) in [6.07, 6.45) is -3.85. The molecule has 0 aliphatic carbocycles. The largest absolute Gasteiger partial charge is 0.395 e. The number of aliphatic hydroxyl groups excluding tert-OH is 4. The zero-order valence-electron chi connectivity index (χ0n) is 12.5. The van der Waals surface area contributed by atoms with Gasteiger partial charge in [-0.1, -0.05) is 30.3 Å². The van der Waals surface area contributed by atoms with Gasteiger partial charge in [-0.3, -0.25) is 9.69 Å². The first-order valence-corrected chi connectivity index (χ1v) is 7.40. The Hall–Kier alpha value is -1.31. The predicted octanol–water partition coefficient (Wildman–Crippen LogP) is -0.706. The zero-order chi connectivity index (χ0) is 16.3. The van der Waals surface area contributed by atoms with E-state index in [1.165, 1.54) is 6.92 Å². The van der Waals surface area contributed by atoms with Gasteiger partial charge in [0, 0.05) is 19.0 Å². The third kappa shape index (κ3) is 3.53. The summed E-state index contributed by atoms with van der Waals surface area (Å²) in [5.41, 5.74) is 0.935. The summed E-state index contributed by atoms with van der Waals surface area (Å²) in [5.74, 6) is -0.123. The minimum Gasteiger partial charge on any atom is -0.395 e. The number of rotatable bonds is 5. The minimum absolute atomic E-state index is 0.0499. The normalized spacial score (nSPS) is 32.9. The molecule has 0 bridgehead atoms. The van der Waals surface area contributed by atoms with Crippen molar-refractivity contribution in [2.45, 2.75) is 50.3 Å². The lowest BCUT2D eigenvalue weighted by Crippen LogP contribution is -2.67. The molecule has 6 nitrogen and oxygen atoms in total. The van der Waals surface area contributed by atoms with Crippen molar-refractivity contribution < 1.29 is 25.2 Å². The highest BCUT2D eigenvalue weighted by molar-refractivity contribution is 5.76. The first-order valence-electron chi connectivity index (χ1n) is 7.40. The van der Waals surface area contributed by atoms with Gasteiger partial charge in [0.1, 0.15) is 18.0 Å². The van der Waals surface area contributed by atoms with E-state index < -0.39 is 30.4 Å². The molecule has 2 rings (SSSR count). The molecule has 1 aromatic rings. The summed E-state index contributed by atoms with van der Waals surface area (Å²) in [5, 5.41) is 39.9. The smallest absolute Gasteiger partial charge is 0.131 e. The van der Waals surface area contributed by atoms with Crippen LogP contribution < -0.4 is 0 Å². The number of hydrogen-bond donors (Lipinski definition) is 4. The highest BCUT2D eigenvalue weighted by atomic mass is 16.4. The van der Waals surface area contributed by atoms with Crippen molar-refractivity contribution in [3.63, 3.8) is 0 Å². The van der Waals surface area contributed by atoms with Gasteiger partial charge in [0.2, 0.25) is 0 Å². The van der Waals surface area contributed by atoms with Crippen LogP contribution in [0.15, 0.2) is 30.3 Å². The standard InChI is InChI=1S/C16H23NO5/c1-10(19)7-12-14(20)16(22)15(21)13(9-18)17(12)8-11-5-3-2-4-6-11/h2-6,12-16,18,20-22H,7-9H2,1H3/t12?,13-,14+,15-,16-/m1/s1. The summed E-state index contributed by atoms with van der Waals surface area (Å²) in [6, 6.07) is 8.02. The number of aliphatic hydroxyl groups is 4. The lowest BCUT2D eigenvalue weighted by molar-refractivity contribution is -0.176. The van der Waals surface area contributed by atoms with Gasteiger partial charge in [-0.25, -0.2) is 0 Å². The molecule has 1 unspecified atom stereocenters. The molecule has 6 heteroatoms. The maximum Gasteiger partial charge on any atom is 0.131 e. The van der Waals surface area contributed by atoms with Crippen molar-refractivity contribution in [1.29, 1.82) is 0 Å². The number of likely N-dealkylation sites (tertiary alicyclic amines) is 1. The van der Waals surface area contributed by atoms with Gasteiger partial charge in [-0.2, -0.15) is 0 Å². The van der Waals surface area contributed by atoms with Crippen LogP contribution in [0.3, 0.4) is 0 Å². The lowest BCUT2D eigenvalue weighted by atomic mass is 9.85. The van der Waals surface area contributed by atoms with E-state index in [4.69, 9.17) is 0 Å². The molecule has 1 aliphatic heterocycles. The SMILES string of the molecule is CC(=O)CC1[C@H](O)[C@@H](O)[C@H](O)[C@@H](CO)N1Cc1ccccc1. The van der Waals surface area contributed by atoms with E-state index in [2.05, 4.69) is 0 Å². The molecule has 1 fully saturated rings. The van der Waals surface area contributed by atoms with Crippen molar-refractivity contribution in [2.24, 2.45) is 0 Å². The fraction of sp³-hybridized carbons (Fsp3) is 0.562. The van der Waals surface area contributed by atoms with Crippen LogP contribution >= 0.6 is 0 Å². The fourth-order valence-electron chi connectivity index (χ4n) is 3.07. The maximum atomic E-state index is 11.5. The molecule has 4 N–H and O–H groups in total. The Morgan fingerprint density at radius 3 is 2.18 bits per heavy atom. The molecular weight excluding hydrogens is 286 g/mol. The minimum atomic E-state index is -1.38. The number of piperidine rings is 1. The van der Waals surface area contributed by atoms with E-state index in [0.717, 1.165) is 5.56 Å². The molecule has 5 atom stereocenters. The highest BCUT2D eigenvalue weighted by Gasteiger charge is 2.47. The average molecular weight is 309 g/mol. The van der Waals surface area contributed by atoms with Crippen LogP contribution in [-0.4, -0.2) is 68.1 Å². The maximum absolute atomic E-state index is 11.5. The number of ketones is 1. The first-order chi connectivity index (χ1) is 10.5. The van der Waals surface area contributed by atoms with E-state index >= 15 is 0 Å². The molecule has 22 heavy (non-hydrogen) atoms. The second kappa shape index (κ2) is 7.30. The molecule has 0 aromatic heterocycles. The van der Waals surface area contributed by atoms with Gasteiger partial charge >= 0.3 is 0 Å². The Morgan fingerprint density at radius 2 is 1.64 bits per heavy atom. The van der Waals surface area contributed by atoms with Gasteiger partial charge in [-0.05, 0) is 12.5 Å². The number of hydrogen-bond acceptors (Lipinski definition) is 6. The first kappa shape index (κ1) is 17.1. The van der Waals surface area contributed by atoms with Crippen LogP contribution in [0.4, 0.5) is 0 Å². The third-order valence-corrected chi connectivity index (χ3v) is 4.23. The van der Waals surface area contributed by atoms with Crippen LogP contribution in [0.2, 0.25) is 0 Å². The van der Waals surface area contributed by atoms with Crippen molar-refractivity contribution >= 4 is 5.78 Å². The quantitative estimate of drug-likeness (QED) is 0.573. The number of benzene rings is 1. The Morgan fingerprint density at radius 1 is 1.05 bits per heavy atom. The molecule has 0 amide bonds. The van der Waals surface area contributed by atoms with Gasteiger partial charge in [-0.15, -0.1) is 0 Å². The van der Waals surface area contributed by atoms with Crippen LogP contribution in [-0.2, 0) is 11.3 Å². The number of nitrogens with zero attached hydrogens (tertiary/aromatic N) is 1. The third-order valence-electron chi connectivity index (χ3n) is 4.23. The summed E-state index contributed by atoms with van der Waals surface area (Å²) in [6.45, 7) is 1.41. The molecular formula is C16H23NO5. The molecule has 1 aliphatic rings. The molecule has 0 radical (unpaired) electrons. The van der Waals surface area contributed by atoms with Gasteiger partial charge < -0.3 is 20.4 Å². The van der Waals surface area contributed by atoms with Crippen LogP contribution in [0.5, 0.6) is 0 Å². The number of carbonyl (C=O) groups is 1. The Labute approximate surface area is 129 Å². The second-order valence-corrected chi connectivity index (χ2v) is 5.85. The molecule has 122 valence electrons. The molecule has 1 saturated heterocycles. The van der Waals surface area contributed by atoms with E-state index in [1.54, 1.807) is 4.90 Å². The van der Waals surface area contributed by atoms with Crippen molar-refractivity contribution in [2.75, 3.05) is 6.61 Å². The van der Waals surface area contributed by atoms with E-state index in [-0.39, 0.29) is 18.8 Å². The topological polar surface area (TPSA) is 101 Å². The van der Waals surface area contributed by atoms with Crippen molar-refractivity contribution in [3.05, 3.63) is 35.9 Å². The Bertz CT molecular complexity index is 495. The van der Waals surface area contributed by atoms with E-state index in [1.807, 2.05) is 30.3 Å². The van der Waals surface area contributed by atoms with Crippen LogP contribution in [0, 0.1) is 0 Å². The van der Waals surface area contributed by atoms with Gasteiger partial charge in [0.05, 0.1) is 18.8 Å². The molecule has 1 aromatic carbocycles. The Kier molecular flexibility index (Phi) is 5.66. The number of carbonyl (C=O) groups excluding carboxylic acids is 1. The van der Waals surface area contributed by atoms with Crippen molar-refractivity contribution in [1.82, 2.24) is 4.90 Å². The lowest BCUT2D eigenvalue weighted by Gasteiger charge is -2.48. The zero-order valence-corrected chi connectivity index (χ0v) is 12.5. The molecule has 1 heterocycles. The van der Waals surface area contributed by atoms with Gasteiger partial charge in [0.25, 0.3) is 0 Å². The van der Waals surface area contributed by atoms with Crippen LogP contribution in [0.25, 0.3) is 0 Å². The summed E-state index contributed by atoms with van der Waals surface area (Å²) < 4.78 is 0. The predicted molar refractivity (Wildman–Crippen MR) is 80.0 cm³/mol. The molecule has 0 saturated carbocycles. The summed E-state index contributed by atoms with van der Waals surface area (Å²) >= 11 is 0. The summed E-state index contributed by atoms with van der Waals surface area (Å²) in [7, 11) is 0.